The molecule has 1 atom stereocenters. The van der Waals surface area contributed by atoms with Gasteiger partial charge in [-0.1, -0.05) is 0 Å². The van der Waals surface area contributed by atoms with E-state index in [2.05, 4.69) is 10.3 Å². The number of carbonyl (C=O) groups excluding carboxylic acids is 1. The number of esters is 1. The highest BCUT2D eigenvalue weighted by Gasteiger charge is 2.32. The molecule has 1 fully saturated rings. The number of ether oxygens (including phenoxy) is 1. The zero-order valence-electron chi connectivity index (χ0n) is 10.3. The number of hydrogen-bond acceptors (Lipinski definition) is 4. The fourth-order valence-electron chi connectivity index (χ4n) is 1.82. The summed E-state index contributed by atoms with van der Waals surface area (Å²) in [5.41, 5.74) is 0.887. The molecule has 1 N–H and O–H groups in total. The van der Waals surface area contributed by atoms with Crippen LogP contribution >= 0.6 is 0 Å². The normalized spacial score (nSPS) is 16.8. The Labute approximate surface area is 101 Å². The maximum atomic E-state index is 11.9. The molecule has 0 radical (unpaired) electrons. The molecule has 1 unspecified atom stereocenters. The highest BCUT2D eigenvalue weighted by atomic mass is 16.5. The number of aromatic nitrogens is 2. The number of nitrogens with one attached hydrogen (secondary N) is 1. The molecule has 0 aliphatic heterocycles. The summed E-state index contributed by atoms with van der Waals surface area (Å²) in [6.45, 7) is 5.06. The summed E-state index contributed by atoms with van der Waals surface area (Å²) >= 11 is 0. The SMILES string of the molecule is CCOC(=O)C(NC1CC1)c1cncn1CC. The first kappa shape index (κ1) is 12.1. The van der Waals surface area contributed by atoms with Gasteiger partial charge in [0, 0.05) is 12.6 Å². The van der Waals surface area contributed by atoms with Crippen molar-refractivity contribution in [2.75, 3.05) is 6.61 Å². The molecule has 5 nitrogen and oxygen atoms in total. The third kappa shape index (κ3) is 2.85. The molecule has 94 valence electrons. The molecule has 1 saturated carbocycles. The van der Waals surface area contributed by atoms with E-state index in [1.807, 2.05) is 18.4 Å². The van der Waals surface area contributed by atoms with Crippen molar-refractivity contribution >= 4 is 5.97 Å². The van der Waals surface area contributed by atoms with E-state index < -0.39 is 0 Å². The first-order valence-corrected chi connectivity index (χ1v) is 6.19. The van der Waals surface area contributed by atoms with Gasteiger partial charge in [0.2, 0.25) is 0 Å². The van der Waals surface area contributed by atoms with Crippen molar-refractivity contribution in [2.45, 2.75) is 45.3 Å². The molecular formula is C12H19N3O2. The summed E-state index contributed by atoms with van der Waals surface area (Å²) in [6.07, 6.45) is 5.75. The fraction of sp³-hybridized carbons (Fsp3) is 0.667. The molecule has 1 aromatic rings. The van der Waals surface area contributed by atoms with E-state index in [9.17, 15) is 4.79 Å². The topological polar surface area (TPSA) is 56.1 Å². The van der Waals surface area contributed by atoms with E-state index in [1.54, 1.807) is 12.5 Å². The predicted molar refractivity (Wildman–Crippen MR) is 63.4 cm³/mol. The first-order chi connectivity index (χ1) is 8.26. The van der Waals surface area contributed by atoms with Crippen molar-refractivity contribution < 1.29 is 9.53 Å². The molecule has 2 rings (SSSR count). The van der Waals surface area contributed by atoms with Crippen molar-refractivity contribution in [3.05, 3.63) is 18.2 Å². The van der Waals surface area contributed by atoms with Gasteiger partial charge >= 0.3 is 5.97 Å². The molecule has 5 heteroatoms. The van der Waals surface area contributed by atoms with Gasteiger partial charge in [-0.2, -0.15) is 0 Å². The van der Waals surface area contributed by atoms with Crippen LogP contribution < -0.4 is 5.32 Å². The Balaban J connectivity index is 2.15. The van der Waals surface area contributed by atoms with Crippen LogP contribution in [0.25, 0.3) is 0 Å². The van der Waals surface area contributed by atoms with Crippen molar-refractivity contribution in [3.63, 3.8) is 0 Å². The maximum absolute atomic E-state index is 11.9. The number of rotatable bonds is 6. The minimum absolute atomic E-state index is 0.213. The van der Waals surface area contributed by atoms with Crippen molar-refractivity contribution in [1.82, 2.24) is 14.9 Å². The molecule has 1 aliphatic rings. The van der Waals surface area contributed by atoms with E-state index in [0.717, 1.165) is 25.1 Å². The van der Waals surface area contributed by atoms with E-state index >= 15 is 0 Å². The van der Waals surface area contributed by atoms with Gasteiger partial charge in [0.15, 0.2) is 0 Å². The molecule has 0 bridgehead atoms. The zero-order chi connectivity index (χ0) is 12.3. The van der Waals surface area contributed by atoms with Crippen LogP contribution in [0.2, 0.25) is 0 Å². The number of aryl methyl sites for hydroxylation is 1. The van der Waals surface area contributed by atoms with Gasteiger partial charge < -0.3 is 9.30 Å². The molecule has 1 heterocycles. The predicted octanol–water partition coefficient (Wildman–Crippen LogP) is 1.26. The average Bonchev–Trinajstić information content (AvgIpc) is 3.02. The summed E-state index contributed by atoms with van der Waals surface area (Å²) in [7, 11) is 0. The van der Waals surface area contributed by atoms with Crippen molar-refractivity contribution in [2.24, 2.45) is 0 Å². The van der Waals surface area contributed by atoms with E-state index in [0.29, 0.717) is 12.6 Å². The largest absolute Gasteiger partial charge is 0.465 e. The fourth-order valence-corrected chi connectivity index (χ4v) is 1.82. The number of nitrogens with zero attached hydrogens (tertiary/aromatic N) is 2. The molecule has 17 heavy (non-hydrogen) atoms. The Morgan fingerprint density at radius 2 is 2.41 bits per heavy atom. The van der Waals surface area contributed by atoms with Gasteiger partial charge in [-0.25, -0.2) is 9.78 Å². The lowest BCUT2D eigenvalue weighted by Crippen LogP contribution is -2.33. The Bertz CT molecular complexity index is 385. The van der Waals surface area contributed by atoms with Crippen LogP contribution in [0, 0.1) is 0 Å². The van der Waals surface area contributed by atoms with Gasteiger partial charge in [-0.3, -0.25) is 5.32 Å². The average molecular weight is 237 g/mol. The summed E-state index contributed by atoms with van der Waals surface area (Å²) in [4.78, 5) is 16.0. The van der Waals surface area contributed by atoms with Crippen LogP contribution in [-0.4, -0.2) is 28.2 Å². The summed E-state index contributed by atoms with van der Waals surface area (Å²) in [6, 6.07) is 0.0644. The van der Waals surface area contributed by atoms with Crippen LogP contribution in [0.3, 0.4) is 0 Å². The smallest absolute Gasteiger partial charge is 0.329 e. The molecule has 1 aromatic heterocycles. The van der Waals surface area contributed by atoms with Gasteiger partial charge in [0.25, 0.3) is 0 Å². The van der Waals surface area contributed by atoms with E-state index in [1.165, 1.54) is 0 Å². The van der Waals surface area contributed by atoms with Crippen LogP contribution in [0.4, 0.5) is 0 Å². The van der Waals surface area contributed by atoms with Gasteiger partial charge in [0.05, 0.1) is 24.8 Å². The highest BCUT2D eigenvalue weighted by Crippen LogP contribution is 2.25. The Morgan fingerprint density at radius 3 is 3.00 bits per heavy atom. The molecule has 0 saturated heterocycles. The summed E-state index contributed by atoms with van der Waals surface area (Å²) in [5, 5.41) is 3.32. The van der Waals surface area contributed by atoms with Gasteiger partial charge in [0.1, 0.15) is 6.04 Å². The Morgan fingerprint density at radius 1 is 1.65 bits per heavy atom. The van der Waals surface area contributed by atoms with Gasteiger partial charge in [-0.15, -0.1) is 0 Å². The van der Waals surface area contributed by atoms with Crippen molar-refractivity contribution in [3.8, 4) is 0 Å². The van der Waals surface area contributed by atoms with Crippen LogP contribution in [0.5, 0.6) is 0 Å². The monoisotopic (exact) mass is 237 g/mol. The Kier molecular flexibility index (Phi) is 3.78. The van der Waals surface area contributed by atoms with Gasteiger partial charge in [-0.05, 0) is 26.7 Å². The van der Waals surface area contributed by atoms with E-state index in [4.69, 9.17) is 4.74 Å². The lowest BCUT2D eigenvalue weighted by Gasteiger charge is -2.18. The van der Waals surface area contributed by atoms with Crippen LogP contribution in [0.15, 0.2) is 12.5 Å². The maximum Gasteiger partial charge on any atom is 0.329 e. The van der Waals surface area contributed by atoms with Crippen molar-refractivity contribution in [1.29, 1.82) is 0 Å². The second kappa shape index (κ2) is 5.31. The Hall–Kier alpha value is -1.36. The molecule has 0 spiro atoms. The highest BCUT2D eigenvalue weighted by molar-refractivity contribution is 5.77. The standard InChI is InChI=1S/C12H19N3O2/c1-3-15-8-13-7-10(15)11(12(16)17-4-2)14-9-5-6-9/h7-9,11,14H,3-6H2,1-2H3. The first-order valence-electron chi connectivity index (χ1n) is 6.19. The second-order valence-electron chi connectivity index (χ2n) is 4.23. The molecule has 1 aliphatic carbocycles. The number of hydrogen-bond donors (Lipinski definition) is 1. The summed E-state index contributed by atoms with van der Waals surface area (Å²) in [5.74, 6) is -0.213. The number of carbonyl (C=O) groups is 1. The minimum Gasteiger partial charge on any atom is -0.465 e. The van der Waals surface area contributed by atoms with Crippen LogP contribution in [-0.2, 0) is 16.1 Å². The minimum atomic E-state index is -0.384. The van der Waals surface area contributed by atoms with Crippen LogP contribution in [0.1, 0.15) is 38.4 Å². The number of imidazole rings is 1. The van der Waals surface area contributed by atoms with E-state index in [-0.39, 0.29) is 12.0 Å². The zero-order valence-corrected chi connectivity index (χ0v) is 10.3. The molecule has 0 amide bonds. The lowest BCUT2D eigenvalue weighted by molar-refractivity contribution is -0.146. The third-order valence-corrected chi connectivity index (χ3v) is 2.88. The summed E-state index contributed by atoms with van der Waals surface area (Å²) < 4.78 is 7.08. The quantitative estimate of drug-likeness (QED) is 0.757. The second-order valence-corrected chi connectivity index (χ2v) is 4.23. The molecular weight excluding hydrogens is 218 g/mol. The molecule has 0 aromatic carbocycles. The third-order valence-electron chi connectivity index (χ3n) is 2.88. The lowest BCUT2D eigenvalue weighted by atomic mass is 10.2.